The van der Waals surface area contributed by atoms with Crippen LogP contribution in [0.5, 0.6) is 0 Å². The number of benzene rings is 2. The molecule has 0 radical (unpaired) electrons. The molecule has 0 unspecified atom stereocenters. The molecule has 0 spiro atoms. The third kappa shape index (κ3) is 4.56. The van der Waals surface area contributed by atoms with Crippen molar-refractivity contribution in [1.82, 2.24) is 9.80 Å². The minimum absolute atomic E-state index is 0.0577. The zero-order valence-corrected chi connectivity index (χ0v) is 19.0. The van der Waals surface area contributed by atoms with Crippen LogP contribution in [-0.4, -0.2) is 68.0 Å². The molecular weight excluding hydrogens is 426 g/mol. The van der Waals surface area contributed by atoms with E-state index in [1.165, 1.54) is 12.1 Å². The maximum Gasteiger partial charge on any atom is 0.253 e. The van der Waals surface area contributed by atoms with E-state index in [1.807, 2.05) is 30.3 Å². The van der Waals surface area contributed by atoms with E-state index in [0.717, 1.165) is 5.56 Å². The molecule has 2 aliphatic rings. The highest BCUT2D eigenvalue weighted by atomic mass is 32.2. The molecule has 0 saturated carbocycles. The molecule has 32 heavy (non-hydrogen) atoms. The van der Waals surface area contributed by atoms with E-state index in [-0.39, 0.29) is 28.4 Å². The minimum atomic E-state index is -3.72. The summed E-state index contributed by atoms with van der Waals surface area (Å²) in [6.07, 6.45) is 1.58. The topological polar surface area (TPSA) is 101 Å². The van der Waals surface area contributed by atoms with E-state index in [4.69, 9.17) is 5.73 Å². The van der Waals surface area contributed by atoms with Gasteiger partial charge in [-0.25, -0.2) is 8.42 Å². The summed E-state index contributed by atoms with van der Waals surface area (Å²) in [7, 11) is -2.05. The van der Waals surface area contributed by atoms with Crippen LogP contribution in [0.4, 0.5) is 0 Å². The van der Waals surface area contributed by atoms with Crippen molar-refractivity contribution in [3.63, 3.8) is 0 Å². The molecule has 170 valence electrons. The van der Waals surface area contributed by atoms with Gasteiger partial charge in [-0.05, 0) is 43.0 Å². The number of fused-ring (bicyclic) bond motifs is 3. The Bertz CT molecular complexity index is 1100. The minimum Gasteiger partial charge on any atom is -0.342 e. The molecule has 1 fully saturated rings. The van der Waals surface area contributed by atoms with Crippen LogP contribution in [0.1, 0.15) is 41.1 Å². The lowest BCUT2D eigenvalue weighted by Gasteiger charge is -2.28. The number of nitrogens with zero attached hydrogens (tertiary/aromatic N) is 2. The van der Waals surface area contributed by atoms with E-state index in [9.17, 15) is 18.0 Å². The molecule has 2 aromatic carbocycles. The molecule has 2 heterocycles. The van der Waals surface area contributed by atoms with Crippen LogP contribution >= 0.6 is 0 Å². The maximum atomic E-state index is 13.3. The standard InChI is InChI=1S/C24H29N3O4S/c1-26-12-6-11-22(25)24(29)27-15-19(17-7-3-2-4-8-17)13-20(27)16-32(30,31)21-10-5-9-18(14-21)23(26)28/h2-5,7-10,14,19-20,22H,6,11-13,15-16,25H2,1H3/t19-,20-,22-/m0/s1. The lowest BCUT2D eigenvalue weighted by atomic mass is 9.97. The molecule has 7 nitrogen and oxygen atoms in total. The average molecular weight is 456 g/mol. The fourth-order valence-electron chi connectivity index (χ4n) is 4.69. The average Bonchev–Trinajstić information content (AvgIpc) is 3.21. The molecule has 1 saturated heterocycles. The predicted octanol–water partition coefficient (Wildman–Crippen LogP) is 2.04. The van der Waals surface area contributed by atoms with Crippen molar-refractivity contribution in [2.24, 2.45) is 5.73 Å². The zero-order valence-electron chi connectivity index (χ0n) is 18.2. The van der Waals surface area contributed by atoms with Crippen LogP contribution in [0.25, 0.3) is 0 Å². The van der Waals surface area contributed by atoms with Gasteiger partial charge in [0, 0.05) is 37.7 Å². The molecule has 4 rings (SSSR count). The van der Waals surface area contributed by atoms with Gasteiger partial charge in [0.2, 0.25) is 5.91 Å². The van der Waals surface area contributed by atoms with Gasteiger partial charge >= 0.3 is 0 Å². The molecule has 2 amide bonds. The zero-order chi connectivity index (χ0) is 22.9. The van der Waals surface area contributed by atoms with Crippen molar-refractivity contribution in [3.05, 3.63) is 65.7 Å². The van der Waals surface area contributed by atoms with E-state index in [0.29, 0.717) is 37.9 Å². The van der Waals surface area contributed by atoms with Crippen molar-refractivity contribution in [3.8, 4) is 0 Å². The van der Waals surface area contributed by atoms with Gasteiger partial charge in [-0.15, -0.1) is 0 Å². The lowest BCUT2D eigenvalue weighted by Crippen LogP contribution is -2.48. The first-order valence-corrected chi connectivity index (χ1v) is 12.6. The Kier molecular flexibility index (Phi) is 6.35. The first kappa shape index (κ1) is 22.5. The van der Waals surface area contributed by atoms with Gasteiger partial charge < -0.3 is 15.5 Å². The molecule has 2 N–H and O–H groups in total. The number of hydrogen-bond acceptors (Lipinski definition) is 5. The molecule has 8 heteroatoms. The van der Waals surface area contributed by atoms with Gasteiger partial charge in [-0.2, -0.15) is 0 Å². The number of amides is 2. The maximum absolute atomic E-state index is 13.3. The third-order valence-corrected chi connectivity index (χ3v) is 8.29. The van der Waals surface area contributed by atoms with Gasteiger partial charge in [0.15, 0.2) is 9.84 Å². The van der Waals surface area contributed by atoms with E-state index < -0.39 is 21.9 Å². The number of carbonyl (C=O) groups excluding carboxylic acids is 2. The normalized spacial score (nSPS) is 26.5. The number of sulfone groups is 1. The number of rotatable bonds is 1. The summed E-state index contributed by atoms with van der Waals surface area (Å²) in [6.45, 7) is 0.891. The summed E-state index contributed by atoms with van der Waals surface area (Å²) in [5, 5.41) is 0. The number of hydrogen-bond donors (Lipinski definition) is 1. The third-order valence-electron chi connectivity index (χ3n) is 6.49. The molecule has 3 atom stereocenters. The number of carbonyl (C=O) groups is 2. The highest BCUT2D eigenvalue weighted by molar-refractivity contribution is 7.91. The first-order valence-electron chi connectivity index (χ1n) is 11.0. The highest BCUT2D eigenvalue weighted by Gasteiger charge is 2.40. The second-order valence-corrected chi connectivity index (χ2v) is 10.8. The summed E-state index contributed by atoms with van der Waals surface area (Å²) >= 11 is 0. The van der Waals surface area contributed by atoms with E-state index in [1.54, 1.807) is 29.0 Å². The summed E-state index contributed by atoms with van der Waals surface area (Å²) in [5.74, 6) is -0.598. The Morgan fingerprint density at radius 2 is 1.78 bits per heavy atom. The first-order chi connectivity index (χ1) is 15.3. The van der Waals surface area contributed by atoms with Crippen molar-refractivity contribution < 1.29 is 18.0 Å². The second kappa shape index (κ2) is 9.03. The van der Waals surface area contributed by atoms with Crippen molar-refractivity contribution in [2.45, 2.75) is 42.2 Å². The van der Waals surface area contributed by atoms with Crippen LogP contribution in [0, 0.1) is 0 Å². The Hall–Kier alpha value is -2.71. The van der Waals surface area contributed by atoms with Crippen LogP contribution in [-0.2, 0) is 14.6 Å². The molecule has 0 aromatic heterocycles. The molecule has 2 bridgehead atoms. The summed E-state index contributed by atoms with van der Waals surface area (Å²) < 4.78 is 26.6. The van der Waals surface area contributed by atoms with Crippen LogP contribution < -0.4 is 5.73 Å². The van der Waals surface area contributed by atoms with E-state index >= 15 is 0 Å². The summed E-state index contributed by atoms with van der Waals surface area (Å²) in [4.78, 5) is 29.3. The quantitative estimate of drug-likeness (QED) is 0.709. The molecule has 2 aliphatic heterocycles. The Morgan fingerprint density at radius 1 is 1.03 bits per heavy atom. The van der Waals surface area contributed by atoms with Crippen molar-refractivity contribution in [2.75, 3.05) is 25.9 Å². The van der Waals surface area contributed by atoms with Gasteiger partial charge in [0.1, 0.15) is 0 Å². The van der Waals surface area contributed by atoms with Crippen molar-refractivity contribution in [1.29, 1.82) is 0 Å². The van der Waals surface area contributed by atoms with Gasteiger partial charge in [-0.3, -0.25) is 9.59 Å². The van der Waals surface area contributed by atoms with Crippen LogP contribution in [0.2, 0.25) is 0 Å². The van der Waals surface area contributed by atoms with Crippen LogP contribution in [0.15, 0.2) is 59.5 Å². The van der Waals surface area contributed by atoms with E-state index in [2.05, 4.69) is 0 Å². The SMILES string of the molecule is CN1CCC[C@H](N)C(=O)N2C[C@@H](c3ccccc3)C[C@H]2CS(=O)(=O)c2cccc(c2)C1=O. The predicted molar refractivity (Wildman–Crippen MR) is 122 cm³/mol. The summed E-state index contributed by atoms with van der Waals surface area (Å²) in [5.41, 5.74) is 7.66. The molecular formula is C24H29N3O4S. The van der Waals surface area contributed by atoms with Gasteiger partial charge in [-0.1, -0.05) is 36.4 Å². The smallest absolute Gasteiger partial charge is 0.253 e. The largest absolute Gasteiger partial charge is 0.342 e. The van der Waals surface area contributed by atoms with Crippen molar-refractivity contribution >= 4 is 21.7 Å². The monoisotopic (exact) mass is 455 g/mol. The second-order valence-electron chi connectivity index (χ2n) is 8.77. The highest BCUT2D eigenvalue weighted by Crippen LogP contribution is 2.34. The molecule has 0 aliphatic carbocycles. The Morgan fingerprint density at radius 3 is 2.53 bits per heavy atom. The number of nitrogens with two attached hydrogens (primary N) is 1. The fraction of sp³-hybridized carbons (Fsp3) is 0.417. The van der Waals surface area contributed by atoms with Crippen LogP contribution in [0.3, 0.4) is 0 Å². The van der Waals surface area contributed by atoms with Gasteiger partial charge in [0.25, 0.3) is 5.91 Å². The Labute approximate surface area is 189 Å². The Balaban J connectivity index is 1.71. The summed E-state index contributed by atoms with van der Waals surface area (Å²) in [6, 6.07) is 14.9. The lowest BCUT2D eigenvalue weighted by molar-refractivity contribution is -0.133. The van der Waals surface area contributed by atoms with Gasteiger partial charge in [0.05, 0.1) is 16.7 Å². The molecule has 2 aromatic rings. The fourth-order valence-corrected chi connectivity index (χ4v) is 6.30.